The fourth-order valence-electron chi connectivity index (χ4n) is 1.36. The Morgan fingerprint density at radius 3 is 1.86 bits per heavy atom. The zero-order valence-electron chi connectivity index (χ0n) is 10.7. The average molecular weight is 201 g/mol. The second-order valence-electron chi connectivity index (χ2n) is 3.27. The summed E-state index contributed by atoms with van der Waals surface area (Å²) in [5.41, 5.74) is -0.210. The van der Waals surface area contributed by atoms with E-state index in [1.807, 2.05) is 34.6 Å². The van der Waals surface area contributed by atoms with E-state index in [4.69, 9.17) is 0 Å². The van der Waals surface area contributed by atoms with Gasteiger partial charge in [-0.25, -0.2) is 0 Å². The van der Waals surface area contributed by atoms with Crippen LogP contribution in [0.1, 0.15) is 60.8 Å². The van der Waals surface area contributed by atoms with Crippen molar-refractivity contribution in [2.24, 2.45) is 0 Å². The minimum atomic E-state index is -0.210. The first-order valence-corrected chi connectivity index (χ1v) is 5.91. The van der Waals surface area contributed by atoms with Gasteiger partial charge in [-0.05, 0) is 39.7 Å². The number of hydrogen-bond donors (Lipinski definition) is 1. The first-order chi connectivity index (χ1) is 6.65. The molecule has 1 rings (SSSR count). The first-order valence-electron chi connectivity index (χ1n) is 5.91. The number of piperidine rings is 1. The Morgan fingerprint density at radius 2 is 1.64 bits per heavy atom. The third-order valence-corrected chi connectivity index (χ3v) is 2.40. The summed E-state index contributed by atoms with van der Waals surface area (Å²) in [7, 11) is 0. The van der Waals surface area contributed by atoms with Gasteiger partial charge in [0.25, 0.3) is 0 Å². The van der Waals surface area contributed by atoms with E-state index < -0.39 is 0 Å². The largest absolute Gasteiger partial charge is 0.305 e. The molecule has 1 N–H and O–H groups in total. The lowest BCUT2D eigenvalue weighted by Gasteiger charge is -2.32. The maximum absolute atomic E-state index is 11.1. The Hall–Kier alpha value is -0.370. The van der Waals surface area contributed by atoms with Gasteiger partial charge in [-0.3, -0.25) is 4.79 Å². The van der Waals surface area contributed by atoms with Crippen molar-refractivity contribution in [3.8, 4) is 0 Å². The molecule has 0 aromatic carbocycles. The van der Waals surface area contributed by atoms with Gasteiger partial charge in [0.05, 0.1) is 5.54 Å². The number of carbonyl (C=O) groups excluding carboxylic acids is 1. The first kappa shape index (κ1) is 16.1. The molecule has 1 saturated heterocycles. The molecule has 0 spiro atoms. The molecular weight excluding hydrogens is 174 g/mol. The molecule has 1 heterocycles. The lowest BCUT2D eigenvalue weighted by Crippen LogP contribution is -2.51. The highest BCUT2D eigenvalue weighted by Crippen LogP contribution is 2.18. The van der Waals surface area contributed by atoms with Crippen molar-refractivity contribution in [1.82, 2.24) is 5.32 Å². The van der Waals surface area contributed by atoms with Crippen LogP contribution in [0.3, 0.4) is 0 Å². The van der Waals surface area contributed by atoms with Gasteiger partial charge in [0, 0.05) is 0 Å². The molecule has 0 aliphatic carbocycles. The number of ketones is 1. The maximum atomic E-state index is 11.1. The average Bonchev–Trinajstić information content (AvgIpc) is 2.25. The zero-order valence-corrected chi connectivity index (χ0v) is 10.7. The molecule has 14 heavy (non-hydrogen) atoms. The molecule has 2 nitrogen and oxygen atoms in total. The van der Waals surface area contributed by atoms with Crippen LogP contribution >= 0.6 is 0 Å². The molecule has 86 valence electrons. The Labute approximate surface area is 89.5 Å². The van der Waals surface area contributed by atoms with Crippen molar-refractivity contribution in [2.45, 2.75) is 66.3 Å². The van der Waals surface area contributed by atoms with Gasteiger partial charge in [-0.1, -0.05) is 27.7 Å². The van der Waals surface area contributed by atoms with Gasteiger partial charge in [0.1, 0.15) is 5.78 Å². The van der Waals surface area contributed by atoms with Gasteiger partial charge in [0.2, 0.25) is 0 Å². The molecule has 0 radical (unpaired) electrons. The summed E-state index contributed by atoms with van der Waals surface area (Å²) in [6.45, 7) is 12.7. The van der Waals surface area contributed by atoms with E-state index in [2.05, 4.69) is 5.32 Å². The lowest BCUT2D eigenvalue weighted by molar-refractivity contribution is -0.123. The van der Waals surface area contributed by atoms with E-state index in [0.29, 0.717) is 0 Å². The van der Waals surface area contributed by atoms with Crippen molar-refractivity contribution in [3.63, 3.8) is 0 Å². The van der Waals surface area contributed by atoms with Gasteiger partial charge in [0.15, 0.2) is 0 Å². The minimum Gasteiger partial charge on any atom is -0.305 e. The molecule has 0 amide bonds. The molecule has 0 bridgehead atoms. The van der Waals surface area contributed by atoms with Crippen molar-refractivity contribution in [2.75, 3.05) is 6.54 Å². The highest BCUT2D eigenvalue weighted by atomic mass is 16.1. The summed E-state index contributed by atoms with van der Waals surface area (Å²) in [5, 5.41) is 3.25. The van der Waals surface area contributed by atoms with E-state index >= 15 is 0 Å². The van der Waals surface area contributed by atoms with Gasteiger partial charge >= 0.3 is 0 Å². The van der Waals surface area contributed by atoms with Gasteiger partial charge < -0.3 is 5.32 Å². The molecule has 1 atom stereocenters. The van der Waals surface area contributed by atoms with Crippen molar-refractivity contribution < 1.29 is 4.79 Å². The van der Waals surface area contributed by atoms with Crippen molar-refractivity contribution in [1.29, 1.82) is 0 Å². The van der Waals surface area contributed by atoms with E-state index in [1.165, 1.54) is 12.8 Å². The fourth-order valence-corrected chi connectivity index (χ4v) is 1.36. The summed E-state index contributed by atoms with van der Waals surface area (Å²) < 4.78 is 0. The summed E-state index contributed by atoms with van der Waals surface area (Å²) in [6, 6.07) is 0. The molecule has 1 fully saturated rings. The summed E-state index contributed by atoms with van der Waals surface area (Å²) in [4.78, 5) is 11.1. The van der Waals surface area contributed by atoms with Crippen LogP contribution in [-0.2, 0) is 4.79 Å². The van der Waals surface area contributed by atoms with Crippen LogP contribution in [-0.4, -0.2) is 17.9 Å². The summed E-state index contributed by atoms with van der Waals surface area (Å²) in [6.07, 6.45) is 3.40. The molecule has 0 saturated carbocycles. The molecule has 1 unspecified atom stereocenters. The Kier molecular flexibility index (Phi) is 10.6. The van der Waals surface area contributed by atoms with Crippen molar-refractivity contribution in [3.05, 3.63) is 0 Å². The highest BCUT2D eigenvalue weighted by molar-refractivity contribution is 5.85. The second kappa shape index (κ2) is 9.20. The van der Waals surface area contributed by atoms with E-state index in [0.717, 1.165) is 13.0 Å². The van der Waals surface area contributed by atoms with Crippen LogP contribution in [0.25, 0.3) is 0 Å². The third kappa shape index (κ3) is 5.38. The quantitative estimate of drug-likeness (QED) is 0.706. The third-order valence-electron chi connectivity index (χ3n) is 2.40. The number of rotatable bonds is 1. The van der Waals surface area contributed by atoms with E-state index in [-0.39, 0.29) is 11.3 Å². The summed E-state index contributed by atoms with van der Waals surface area (Å²) in [5.74, 6) is 0.271. The molecule has 1 aliphatic heterocycles. The van der Waals surface area contributed by atoms with Crippen LogP contribution in [0.2, 0.25) is 0 Å². The number of Topliss-reactive ketones (excluding diaryl/α,β-unsaturated/α-hetero) is 1. The normalized spacial score (nSPS) is 25.0. The van der Waals surface area contributed by atoms with Crippen LogP contribution in [0, 0.1) is 0 Å². The SMILES string of the molecule is CC.CC.CC(=O)C1(C)CCCCN1. The molecule has 0 aromatic rings. The van der Waals surface area contributed by atoms with Crippen LogP contribution in [0.4, 0.5) is 0 Å². The van der Waals surface area contributed by atoms with Crippen LogP contribution < -0.4 is 5.32 Å². The zero-order chi connectivity index (χ0) is 11.6. The molecule has 1 aliphatic rings. The predicted octanol–water partition coefficient (Wildman–Crippen LogP) is 3.16. The monoisotopic (exact) mass is 201 g/mol. The summed E-state index contributed by atoms with van der Waals surface area (Å²) >= 11 is 0. The van der Waals surface area contributed by atoms with Crippen LogP contribution in [0.15, 0.2) is 0 Å². The number of carbonyl (C=O) groups is 1. The molecular formula is C12H27NO. The van der Waals surface area contributed by atoms with Crippen LogP contribution in [0.5, 0.6) is 0 Å². The van der Waals surface area contributed by atoms with Gasteiger partial charge in [-0.2, -0.15) is 0 Å². The standard InChI is InChI=1S/C8H15NO.2C2H6/c1-7(10)8(2)5-3-4-6-9-8;2*1-2/h9H,3-6H2,1-2H3;2*1-2H3. The highest BCUT2D eigenvalue weighted by Gasteiger charge is 2.30. The molecule has 2 heteroatoms. The van der Waals surface area contributed by atoms with E-state index in [1.54, 1.807) is 6.92 Å². The lowest BCUT2D eigenvalue weighted by atomic mass is 9.88. The topological polar surface area (TPSA) is 29.1 Å². The predicted molar refractivity (Wildman–Crippen MR) is 63.6 cm³/mol. The fraction of sp³-hybridized carbons (Fsp3) is 0.917. The number of hydrogen-bond acceptors (Lipinski definition) is 2. The maximum Gasteiger partial charge on any atom is 0.149 e. The Balaban J connectivity index is 0. The van der Waals surface area contributed by atoms with Crippen molar-refractivity contribution >= 4 is 5.78 Å². The minimum absolute atomic E-state index is 0.210. The molecule has 0 aromatic heterocycles. The van der Waals surface area contributed by atoms with E-state index in [9.17, 15) is 4.79 Å². The Bertz CT molecular complexity index is 137. The smallest absolute Gasteiger partial charge is 0.149 e. The number of nitrogens with one attached hydrogen (secondary N) is 1. The van der Waals surface area contributed by atoms with Gasteiger partial charge in [-0.15, -0.1) is 0 Å². The second-order valence-corrected chi connectivity index (χ2v) is 3.27. The Morgan fingerprint density at radius 1 is 1.14 bits per heavy atom.